The molecule has 0 aliphatic rings. The zero-order valence-corrected chi connectivity index (χ0v) is 14.3. The van der Waals surface area contributed by atoms with Crippen molar-refractivity contribution in [3.63, 3.8) is 0 Å². The van der Waals surface area contributed by atoms with Crippen LogP contribution in [0, 0.1) is 6.92 Å². The van der Waals surface area contributed by atoms with Crippen LogP contribution in [0.4, 0.5) is 5.88 Å². The number of hydrogen-bond donors (Lipinski definition) is 1. The highest BCUT2D eigenvalue weighted by molar-refractivity contribution is 6.00. The molecule has 0 saturated heterocycles. The van der Waals surface area contributed by atoms with Crippen LogP contribution in [0.1, 0.15) is 21.5 Å². The van der Waals surface area contributed by atoms with E-state index in [1.807, 2.05) is 30.3 Å². The Bertz CT molecular complexity index is 839. The predicted molar refractivity (Wildman–Crippen MR) is 96.7 cm³/mol. The Morgan fingerprint density at radius 3 is 2.52 bits per heavy atom. The van der Waals surface area contributed by atoms with Gasteiger partial charge in [0.1, 0.15) is 5.69 Å². The number of nitrogens with zero attached hydrogens (tertiary/aromatic N) is 1. The monoisotopic (exact) mass is 336 g/mol. The number of carbonyl (C=O) groups is 1. The number of methoxy groups -OCH3 is 1. The Kier molecular flexibility index (Phi) is 5.14. The summed E-state index contributed by atoms with van der Waals surface area (Å²) in [6.45, 7) is 2.68. The number of esters is 1. The van der Waals surface area contributed by atoms with Crippen molar-refractivity contribution in [3.05, 3.63) is 71.3 Å². The molecule has 1 N–H and O–H groups in total. The lowest BCUT2D eigenvalue weighted by atomic mass is 10.1. The molecule has 128 valence electrons. The molecule has 0 aliphatic heterocycles. The molecule has 0 spiro atoms. The Morgan fingerprint density at radius 1 is 1.12 bits per heavy atom. The second-order valence-corrected chi connectivity index (χ2v) is 5.76. The molecule has 2 aromatic carbocycles. The summed E-state index contributed by atoms with van der Waals surface area (Å²) in [5, 5.41) is 7.21. The third-order valence-electron chi connectivity index (χ3n) is 3.95. The molecule has 1 aromatic heterocycles. The number of anilines is 1. The van der Waals surface area contributed by atoms with Crippen LogP contribution in [0.15, 0.2) is 59.1 Å². The van der Waals surface area contributed by atoms with E-state index in [0.717, 1.165) is 12.0 Å². The molecule has 0 atom stereocenters. The first-order valence-electron chi connectivity index (χ1n) is 8.12. The molecule has 25 heavy (non-hydrogen) atoms. The lowest BCUT2D eigenvalue weighted by Crippen LogP contribution is -2.10. The molecule has 3 aromatic rings. The summed E-state index contributed by atoms with van der Waals surface area (Å²) in [6, 6.07) is 17.8. The third-order valence-corrected chi connectivity index (χ3v) is 3.95. The molecule has 5 nitrogen and oxygen atoms in total. The van der Waals surface area contributed by atoms with Gasteiger partial charge in [-0.05, 0) is 18.9 Å². The van der Waals surface area contributed by atoms with Gasteiger partial charge in [-0.15, -0.1) is 0 Å². The van der Waals surface area contributed by atoms with Gasteiger partial charge in [-0.1, -0.05) is 65.3 Å². The average molecular weight is 336 g/mol. The normalized spacial score (nSPS) is 10.5. The first kappa shape index (κ1) is 16.8. The summed E-state index contributed by atoms with van der Waals surface area (Å²) in [5.74, 6) is -0.143. The first-order chi connectivity index (χ1) is 12.2. The molecule has 0 radical (unpaired) electrons. The number of aromatic nitrogens is 1. The fourth-order valence-electron chi connectivity index (χ4n) is 2.57. The third kappa shape index (κ3) is 3.88. The standard InChI is InChI=1S/C20H20N2O3/c1-14-8-10-15(11-9-14)12-13-21-19-17(20(23)24-2)18(22-25-19)16-6-4-3-5-7-16/h3-11,21H,12-13H2,1-2H3. The molecule has 0 fully saturated rings. The number of nitrogens with one attached hydrogen (secondary N) is 1. The Balaban J connectivity index is 1.78. The maximum atomic E-state index is 12.2. The molecular weight excluding hydrogens is 316 g/mol. The minimum Gasteiger partial charge on any atom is -0.465 e. The highest BCUT2D eigenvalue weighted by atomic mass is 16.5. The molecule has 5 heteroatoms. The topological polar surface area (TPSA) is 64.4 Å². The van der Waals surface area contributed by atoms with E-state index in [1.165, 1.54) is 18.2 Å². The van der Waals surface area contributed by atoms with E-state index in [4.69, 9.17) is 9.26 Å². The van der Waals surface area contributed by atoms with Gasteiger partial charge in [-0.25, -0.2) is 4.79 Å². The fraction of sp³-hybridized carbons (Fsp3) is 0.200. The van der Waals surface area contributed by atoms with Crippen LogP contribution in [0.3, 0.4) is 0 Å². The number of carbonyl (C=O) groups excluding carboxylic acids is 1. The van der Waals surface area contributed by atoms with Crippen LogP contribution in [0.2, 0.25) is 0 Å². The van der Waals surface area contributed by atoms with Crippen LogP contribution in [0.25, 0.3) is 11.3 Å². The number of benzene rings is 2. The lowest BCUT2D eigenvalue weighted by Gasteiger charge is -2.06. The quantitative estimate of drug-likeness (QED) is 0.687. The first-order valence-corrected chi connectivity index (χ1v) is 8.12. The van der Waals surface area contributed by atoms with E-state index in [2.05, 4.69) is 41.7 Å². The van der Waals surface area contributed by atoms with E-state index in [9.17, 15) is 4.79 Å². The smallest absolute Gasteiger partial charge is 0.345 e. The van der Waals surface area contributed by atoms with E-state index in [0.29, 0.717) is 23.7 Å². The second kappa shape index (κ2) is 7.66. The van der Waals surface area contributed by atoms with Gasteiger partial charge in [0.15, 0.2) is 5.56 Å². The van der Waals surface area contributed by atoms with Gasteiger partial charge in [0.05, 0.1) is 7.11 Å². The Morgan fingerprint density at radius 2 is 1.84 bits per heavy atom. The van der Waals surface area contributed by atoms with Gasteiger partial charge in [0, 0.05) is 12.1 Å². The van der Waals surface area contributed by atoms with Gasteiger partial charge in [-0.3, -0.25) is 0 Å². The van der Waals surface area contributed by atoms with Crippen molar-refractivity contribution in [2.45, 2.75) is 13.3 Å². The average Bonchev–Trinajstić information content (AvgIpc) is 3.07. The molecule has 0 aliphatic carbocycles. The summed E-state index contributed by atoms with van der Waals surface area (Å²) < 4.78 is 10.3. The summed E-state index contributed by atoms with van der Waals surface area (Å²) in [5.41, 5.74) is 4.04. The Labute approximate surface area is 146 Å². The van der Waals surface area contributed by atoms with Crippen LogP contribution in [-0.2, 0) is 11.2 Å². The highest BCUT2D eigenvalue weighted by Gasteiger charge is 2.24. The van der Waals surface area contributed by atoms with Crippen molar-refractivity contribution in [2.24, 2.45) is 0 Å². The number of rotatable bonds is 6. The van der Waals surface area contributed by atoms with Crippen molar-refractivity contribution in [1.29, 1.82) is 0 Å². The molecule has 3 rings (SSSR count). The maximum Gasteiger partial charge on any atom is 0.345 e. The molecular formula is C20H20N2O3. The summed E-state index contributed by atoms with van der Waals surface area (Å²) >= 11 is 0. The van der Waals surface area contributed by atoms with E-state index < -0.39 is 5.97 Å². The number of hydrogen-bond acceptors (Lipinski definition) is 5. The van der Waals surface area contributed by atoms with Crippen molar-refractivity contribution < 1.29 is 14.1 Å². The second-order valence-electron chi connectivity index (χ2n) is 5.76. The van der Waals surface area contributed by atoms with Crippen molar-refractivity contribution in [2.75, 3.05) is 19.0 Å². The number of ether oxygens (including phenoxy) is 1. The lowest BCUT2D eigenvalue weighted by molar-refractivity contribution is 0.0602. The van der Waals surface area contributed by atoms with Crippen molar-refractivity contribution in [1.82, 2.24) is 5.16 Å². The predicted octanol–water partition coefficient (Wildman–Crippen LogP) is 4.09. The Hall–Kier alpha value is -3.08. The molecule has 0 bridgehead atoms. The van der Waals surface area contributed by atoms with Crippen LogP contribution >= 0.6 is 0 Å². The van der Waals surface area contributed by atoms with Gasteiger partial charge in [-0.2, -0.15) is 0 Å². The molecule has 0 unspecified atom stereocenters. The van der Waals surface area contributed by atoms with Gasteiger partial charge in [0.25, 0.3) is 0 Å². The van der Waals surface area contributed by atoms with Crippen LogP contribution in [0.5, 0.6) is 0 Å². The molecule has 0 amide bonds. The van der Waals surface area contributed by atoms with E-state index in [-0.39, 0.29) is 0 Å². The van der Waals surface area contributed by atoms with Crippen LogP contribution in [-0.4, -0.2) is 24.8 Å². The van der Waals surface area contributed by atoms with Crippen LogP contribution < -0.4 is 5.32 Å². The van der Waals surface area contributed by atoms with E-state index in [1.54, 1.807) is 0 Å². The summed E-state index contributed by atoms with van der Waals surface area (Å²) in [7, 11) is 1.35. The van der Waals surface area contributed by atoms with Crippen molar-refractivity contribution in [3.8, 4) is 11.3 Å². The zero-order chi connectivity index (χ0) is 17.6. The summed E-state index contributed by atoms with van der Waals surface area (Å²) in [6.07, 6.45) is 0.808. The highest BCUT2D eigenvalue weighted by Crippen LogP contribution is 2.29. The minimum absolute atomic E-state index is 0.317. The van der Waals surface area contributed by atoms with Crippen molar-refractivity contribution >= 4 is 11.9 Å². The fourth-order valence-corrected chi connectivity index (χ4v) is 2.57. The largest absolute Gasteiger partial charge is 0.465 e. The van der Waals surface area contributed by atoms with Gasteiger partial charge in [0.2, 0.25) is 5.88 Å². The van der Waals surface area contributed by atoms with Gasteiger partial charge < -0.3 is 14.6 Å². The minimum atomic E-state index is -0.474. The SMILES string of the molecule is COC(=O)c1c(-c2ccccc2)noc1NCCc1ccc(C)cc1. The van der Waals surface area contributed by atoms with E-state index >= 15 is 0 Å². The molecule has 0 saturated carbocycles. The zero-order valence-electron chi connectivity index (χ0n) is 14.3. The number of aryl methyl sites for hydroxylation is 1. The summed E-state index contributed by atoms with van der Waals surface area (Å²) in [4.78, 5) is 12.2. The molecule has 1 heterocycles. The van der Waals surface area contributed by atoms with Gasteiger partial charge >= 0.3 is 5.97 Å². The maximum absolute atomic E-state index is 12.2.